The Hall–Kier alpha value is 0.624. The third kappa shape index (κ3) is 5.57. The molecular weight excluding hydrogens is 519 g/mol. The Morgan fingerprint density at radius 2 is 1.03 bits per heavy atom. The number of ether oxygens (including phenoxy) is 1. The van der Waals surface area contributed by atoms with Crippen molar-refractivity contribution in [2.45, 2.75) is 142 Å². The average molecular weight is 569 g/mol. The molecule has 0 N–H and O–H groups in total. The van der Waals surface area contributed by atoms with Crippen LogP contribution in [0.2, 0.25) is 33.2 Å². The molecule has 3 atom stereocenters. The second-order valence-electron chi connectivity index (χ2n) is 11.1. The van der Waals surface area contributed by atoms with Crippen molar-refractivity contribution >= 4 is 39.2 Å². The zero-order chi connectivity index (χ0) is 23.6. The van der Waals surface area contributed by atoms with E-state index >= 15 is 0 Å². The number of halogens is 1. The molecule has 1 rings (SSSR count). The van der Waals surface area contributed by atoms with Crippen molar-refractivity contribution in [3.8, 4) is 0 Å². The maximum Gasteiger partial charge on any atom is 0.201 e. The number of rotatable bonds is 10. The Balaban J connectivity index is 3.48. The quantitative estimate of drug-likeness (QED) is 0.195. The van der Waals surface area contributed by atoms with Crippen LogP contribution in [0.5, 0.6) is 0 Å². The van der Waals surface area contributed by atoms with Crippen molar-refractivity contribution < 1.29 is 13.6 Å². The van der Waals surface area contributed by atoms with Gasteiger partial charge in [0.05, 0.1) is 6.10 Å². The van der Waals surface area contributed by atoms with Crippen molar-refractivity contribution in [3.63, 3.8) is 0 Å². The molecule has 1 heterocycles. The van der Waals surface area contributed by atoms with Gasteiger partial charge in [0.25, 0.3) is 0 Å². The highest BCUT2D eigenvalue weighted by Gasteiger charge is 2.53. The van der Waals surface area contributed by atoms with Crippen LogP contribution in [-0.2, 0) is 13.6 Å². The predicted octanol–water partition coefficient (Wildman–Crippen LogP) is 8.80. The first-order valence-electron chi connectivity index (χ1n) is 12.0. The number of hydrogen-bond acceptors (Lipinski definition) is 3. The van der Waals surface area contributed by atoms with Crippen LogP contribution in [0, 0.1) is 0 Å². The van der Waals surface area contributed by atoms with Crippen LogP contribution in [0.1, 0.15) is 90.0 Å². The molecule has 0 bridgehead atoms. The molecule has 1 aliphatic heterocycles. The highest BCUT2D eigenvalue weighted by Crippen LogP contribution is 2.47. The van der Waals surface area contributed by atoms with Gasteiger partial charge < -0.3 is 13.6 Å². The van der Waals surface area contributed by atoms with Gasteiger partial charge in [0.2, 0.25) is 16.6 Å². The van der Waals surface area contributed by atoms with Gasteiger partial charge in [0.1, 0.15) is 12.2 Å². The first-order valence-corrected chi connectivity index (χ1v) is 17.4. The van der Waals surface area contributed by atoms with Crippen molar-refractivity contribution in [1.29, 1.82) is 0 Å². The summed E-state index contributed by atoms with van der Waals surface area (Å²) in [5.74, 6) is 0. The lowest BCUT2D eigenvalue weighted by Crippen LogP contribution is -2.59. The highest BCUT2D eigenvalue weighted by atomic mass is 127. The molecule has 1 aliphatic rings. The zero-order valence-corrected chi connectivity index (χ0v) is 26.0. The maximum atomic E-state index is 7.28. The van der Waals surface area contributed by atoms with E-state index in [0.717, 1.165) is 3.77 Å². The van der Waals surface area contributed by atoms with E-state index in [1.54, 1.807) is 0 Å². The Labute approximate surface area is 203 Å². The molecule has 0 radical (unpaired) electrons. The van der Waals surface area contributed by atoms with E-state index < -0.39 is 16.6 Å². The third-order valence-corrected chi connectivity index (χ3v) is 20.3. The van der Waals surface area contributed by atoms with E-state index in [4.69, 9.17) is 13.6 Å². The van der Waals surface area contributed by atoms with E-state index in [1.165, 1.54) is 0 Å². The zero-order valence-electron chi connectivity index (χ0n) is 21.9. The molecule has 0 aromatic carbocycles. The summed E-state index contributed by atoms with van der Waals surface area (Å²) >= 11 is 2.31. The monoisotopic (exact) mass is 568 g/mol. The third-order valence-electron chi connectivity index (χ3n) is 7.47. The Morgan fingerprint density at radius 1 is 0.700 bits per heavy atom. The minimum absolute atomic E-state index is 0.00629. The van der Waals surface area contributed by atoms with Gasteiger partial charge in [-0.25, -0.2) is 0 Å². The fourth-order valence-electron chi connectivity index (χ4n) is 6.33. The van der Waals surface area contributed by atoms with Gasteiger partial charge in [-0.1, -0.05) is 83.1 Å². The lowest BCUT2D eigenvalue weighted by Gasteiger charge is -2.51. The van der Waals surface area contributed by atoms with E-state index in [0.29, 0.717) is 33.2 Å². The van der Waals surface area contributed by atoms with Crippen LogP contribution >= 0.6 is 22.6 Å². The fourth-order valence-corrected chi connectivity index (χ4v) is 18.2. The van der Waals surface area contributed by atoms with E-state index in [9.17, 15) is 0 Å². The second kappa shape index (κ2) is 11.2. The second-order valence-corrected chi connectivity index (χ2v) is 23.0. The molecule has 178 valence electrons. The Bertz CT molecular complexity index is 529. The van der Waals surface area contributed by atoms with Gasteiger partial charge in [-0.05, 0) is 68.8 Å². The number of hydrogen-bond donors (Lipinski definition) is 0. The van der Waals surface area contributed by atoms with Gasteiger partial charge in [-0.15, -0.1) is 0 Å². The largest absolute Gasteiger partial charge is 0.482 e. The van der Waals surface area contributed by atoms with Crippen LogP contribution in [0.25, 0.3) is 0 Å². The van der Waals surface area contributed by atoms with Gasteiger partial charge >= 0.3 is 0 Å². The molecule has 0 fully saturated rings. The minimum Gasteiger partial charge on any atom is -0.482 e. The van der Waals surface area contributed by atoms with Crippen LogP contribution < -0.4 is 0 Å². The molecule has 6 heteroatoms. The smallest absolute Gasteiger partial charge is 0.201 e. The Kier molecular flexibility index (Phi) is 10.7. The molecular formula is C24H49IO3Si2. The molecule has 3 nitrogen and oxygen atoms in total. The summed E-state index contributed by atoms with van der Waals surface area (Å²) < 4.78 is 21.7. The lowest BCUT2D eigenvalue weighted by atomic mass is 10.1. The SMILES string of the molecule is CC(C)[Si](O[C@@H]1[C@@H](C)OC(I)=C[C@H]1O[Si](C(C)C)(C(C)C)C(C)C)(C(C)C)C(C)C. The summed E-state index contributed by atoms with van der Waals surface area (Å²) in [7, 11) is -4.09. The molecule has 0 aliphatic carbocycles. The summed E-state index contributed by atoms with van der Waals surface area (Å²) in [5.41, 5.74) is 3.26. The van der Waals surface area contributed by atoms with Crippen LogP contribution in [0.4, 0.5) is 0 Å². The minimum atomic E-state index is -2.05. The van der Waals surface area contributed by atoms with Crippen molar-refractivity contribution in [1.82, 2.24) is 0 Å². The topological polar surface area (TPSA) is 27.7 Å². The standard InChI is InChI=1S/C24H49IO3Si2/c1-15(2)29(16(3)4,17(5)6)27-22-14-23(25)26-21(13)24(22)28-30(18(7)8,19(9)10)20(11)12/h14-22,24H,1-13H3/t21-,22-,24-/m1/s1. The van der Waals surface area contributed by atoms with Gasteiger partial charge in [0.15, 0.2) is 3.77 Å². The van der Waals surface area contributed by atoms with E-state index in [2.05, 4.69) is 119 Å². The first-order chi connectivity index (χ1) is 13.6. The fraction of sp³-hybridized carbons (Fsp3) is 0.917. The summed E-state index contributed by atoms with van der Waals surface area (Å²) in [5, 5.41) is 0. The average Bonchev–Trinajstić information content (AvgIpc) is 2.56. The molecule has 0 saturated carbocycles. The van der Waals surface area contributed by atoms with E-state index in [1.807, 2.05) is 0 Å². The molecule has 0 spiro atoms. The molecule has 0 unspecified atom stereocenters. The lowest BCUT2D eigenvalue weighted by molar-refractivity contribution is -0.0466. The van der Waals surface area contributed by atoms with Crippen LogP contribution in [-0.4, -0.2) is 34.9 Å². The molecule has 0 aromatic heterocycles. The van der Waals surface area contributed by atoms with Gasteiger partial charge in [-0.2, -0.15) is 0 Å². The van der Waals surface area contributed by atoms with Crippen molar-refractivity contribution in [3.05, 3.63) is 9.84 Å². The maximum absolute atomic E-state index is 7.28. The highest BCUT2D eigenvalue weighted by molar-refractivity contribution is 14.1. The molecule has 30 heavy (non-hydrogen) atoms. The predicted molar refractivity (Wildman–Crippen MR) is 144 cm³/mol. The van der Waals surface area contributed by atoms with Crippen molar-refractivity contribution in [2.75, 3.05) is 0 Å². The summed E-state index contributed by atoms with van der Waals surface area (Å²) in [6.07, 6.45) is 2.10. The normalized spacial score (nSPS) is 23.9. The molecule has 0 aromatic rings. The summed E-state index contributed by atoms with van der Waals surface area (Å²) in [4.78, 5) is 0. The summed E-state index contributed by atoms with van der Waals surface area (Å²) in [6.45, 7) is 30.4. The summed E-state index contributed by atoms with van der Waals surface area (Å²) in [6, 6.07) is 0. The molecule has 0 amide bonds. The van der Waals surface area contributed by atoms with Crippen LogP contribution in [0.15, 0.2) is 9.84 Å². The first kappa shape index (κ1) is 28.7. The van der Waals surface area contributed by atoms with Crippen LogP contribution in [0.3, 0.4) is 0 Å². The Morgan fingerprint density at radius 3 is 1.37 bits per heavy atom. The molecule has 0 saturated heterocycles. The van der Waals surface area contributed by atoms with Crippen molar-refractivity contribution in [2.24, 2.45) is 0 Å². The van der Waals surface area contributed by atoms with E-state index in [-0.39, 0.29) is 18.3 Å². The van der Waals surface area contributed by atoms with Gasteiger partial charge in [0, 0.05) is 0 Å². The van der Waals surface area contributed by atoms with Gasteiger partial charge in [-0.3, -0.25) is 0 Å².